The molecular formula is C21H30FN7. The van der Waals surface area contributed by atoms with Crippen LogP contribution in [-0.2, 0) is 13.6 Å². The summed E-state index contributed by atoms with van der Waals surface area (Å²) >= 11 is 0. The Morgan fingerprint density at radius 3 is 2.90 bits per heavy atom. The van der Waals surface area contributed by atoms with Gasteiger partial charge in [0.25, 0.3) is 0 Å². The summed E-state index contributed by atoms with van der Waals surface area (Å²) in [5, 5.41) is 15.1. The van der Waals surface area contributed by atoms with Crippen molar-refractivity contribution in [1.29, 1.82) is 0 Å². The lowest BCUT2D eigenvalue weighted by Crippen LogP contribution is -2.51. The zero-order valence-corrected chi connectivity index (χ0v) is 17.5. The van der Waals surface area contributed by atoms with Gasteiger partial charge in [0.2, 0.25) is 0 Å². The Morgan fingerprint density at radius 2 is 2.21 bits per heavy atom. The maximum absolute atomic E-state index is 13.5. The highest BCUT2D eigenvalue weighted by molar-refractivity contribution is 5.80. The first-order valence-corrected chi connectivity index (χ1v) is 9.99. The van der Waals surface area contributed by atoms with Crippen molar-refractivity contribution < 1.29 is 4.39 Å². The summed E-state index contributed by atoms with van der Waals surface area (Å²) in [5.74, 6) is 2.21. The molecule has 1 saturated heterocycles. The minimum Gasteiger partial charge on any atom is -0.369 e. The van der Waals surface area contributed by atoms with Crippen molar-refractivity contribution in [2.45, 2.75) is 39.3 Å². The Morgan fingerprint density at radius 1 is 1.38 bits per heavy atom. The summed E-state index contributed by atoms with van der Waals surface area (Å²) in [6.07, 6.45) is 3.92. The molecule has 1 aliphatic rings. The fourth-order valence-electron chi connectivity index (χ4n) is 3.54. The summed E-state index contributed by atoms with van der Waals surface area (Å²) < 4.78 is 15.4. The number of aromatic nitrogens is 3. The smallest absolute Gasteiger partial charge is 0.192 e. The summed E-state index contributed by atoms with van der Waals surface area (Å²) in [5.41, 5.74) is 2.05. The van der Waals surface area contributed by atoms with Crippen LogP contribution in [0, 0.1) is 19.7 Å². The molecule has 0 bridgehead atoms. The van der Waals surface area contributed by atoms with Gasteiger partial charge in [0.15, 0.2) is 11.8 Å². The van der Waals surface area contributed by atoms with E-state index >= 15 is 0 Å². The first kappa shape index (κ1) is 20.8. The normalized spacial score (nSPS) is 17.3. The molecule has 0 aliphatic carbocycles. The fourth-order valence-corrected chi connectivity index (χ4v) is 3.54. The minimum atomic E-state index is -0.194. The van der Waals surface area contributed by atoms with E-state index in [-0.39, 0.29) is 11.9 Å². The van der Waals surface area contributed by atoms with Crippen molar-refractivity contribution >= 4 is 11.6 Å². The van der Waals surface area contributed by atoms with Crippen LogP contribution in [0.1, 0.15) is 30.1 Å². The Bertz CT molecular complexity index is 874. The number of aryl methyl sites for hydroxylation is 2. The van der Waals surface area contributed by atoms with E-state index in [1.54, 1.807) is 12.1 Å². The summed E-state index contributed by atoms with van der Waals surface area (Å²) in [7, 11) is 1.94. The molecule has 2 heterocycles. The van der Waals surface area contributed by atoms with Crippen molar-refractivity contribution in [2.75, 3.05) is 24.5 Å². The number of hydrogen-bond donors (Lipinski definition) is 2. The molecule has 1 atom stereocenters. The number of guanidine groups is 1. The van der Waals surface area contributed by atoms with E-state index in [4.69, 9.17) is 0 Å². The predicted octanol–water partition coefficient (Wildman–Crippen LogP) is 2.46. The van der Waals surface area contributed by atoms with Gasteiger partial charge in [-0.2, -0.15) is 0 Å². The van der Waals surface area contributed by atoms with Gasteiger partial charge in [-0.3, -0.25) is 0 Å². The van der Waals surface area contributed by atoms with Gasteiger partial charge < -0.3 is 20.1 Å². The number of nitrogens with one attached hydrogen (secondary N) is 2. The molecule has 0 saturated carbocycles. The van der Waals surface area contributed by atoms with Crippen molar-refractivity contribution in [3.8, 4) is 0 Å². The highest BCUT2D eigenvalue weighted by Gasteiger charge is 2.22. The van der Waals surface area contributed by atoms with Crippen LogP contribution < -0.4 is 15.5 Å². The lowest BCUT2D eigenvalue weighted by molar-refractivity contribution is 0.467. The SMILES string of the molecule is C=CCNC(=NCc1nnc(C)n1C)NC1CCCN(c2ccc(F)cc2C)C1. The van der Waals surface area contributed by atoms with E-state index in [2.05, 4.69) is 37.3 Å². The van der Waals surface area contributed by atoms with Crippen molar-refractivity contribution in [3.05, 3.63) is 53.9 Å². The van der Waals surface area contributed by atoms with E-state index in [0.717, 1.165) is 54.8 Å². The van der Waals surface area contributed by atoms with Gasteiger partial charge in [-0.05, 0) is 50.5 Å². The quantitative estimate of drug-likeness (QED) is 0.444. The third-order valence-electron chi connectivity index (χ3n) is 5.24. The molecule has 0 spiro atoms. The second-order valence-corrected chi connectivity index (χ2v) is 7.42. The minimum absolute atomic E-state index is 0.194. The first-order valence-electron chi connectivity index (χ1n) is 9.99. The molecule has 0 amide bonds. The Balaban J connectivity index is 1.68. The standard InChI is InChI=1S/C21H30FN7/c1-5-10-23-21(24-13-20-27-26-16(3)28(20)4)25-18-7-6-11-29(14-18)19-9-8-17(22)12-15(19)2/h5,8-9,12,18H,1,6-7,10-11,13-14H2,2-4H3,(H2,23,24,25). The number of nitrogens with zero attached hydrogens (tertiary/aromatic N) is 5. The average molecular weight is 400 g/mol. The number of anilines is 1. The molecular weight excluding hydrogens is 369 g/mol. The average Bonchev–Trinajstić information content (AvgIpc) is 3.02. The molecule has 1 aliphatic heterocycles. The van der Waals surface area contributed by atoms with Crippen LogP contribution in [0.15, 0.2) is 35.8 Å². The number of rotatable bonds is 6. The molecule has 0 radical (unpaired) electrons. The molecule has 8 heteroatoms. The highest BCUT2D eigenvalue weighted by Crippen LogP contribution is 2.24. The summed E-state index contributed by atoms with van der Waals surface area (Å²) in [6, 6.07) is 5.23. The molecule has 1 unspecified atom stereocenters. The molecule has 1 aromatic carbocycles. The van der Waals surface area contributed by atoms with Gasteiger partial charge >= 0.3 is 0 Å². The fraction of sp³-hybridized carbons (Fsp3) is 0.476. The van der Waals surface area contributed by atoms with Gasteiger partial charge in [0.1, 0.15) is 18.2 Å². The van der Waals surface area contributed by atoms with Crippen LogP contribution in [0.2, 0.25) is 0 Å². The predicted molar refractivity (Wildman–Crippen MR) is 115 cm³/mol. The number of hydrogen-bond acceptors (Lipinski definition) is 4. The summed E-state index contributed by atoms with van der Waals surface area (Å²) in [6.45, 7) is 10.5. The topological polar surface area (TPSA) is 70.4 Å². The molecule has 156 valence electrons. The van der Waals surface area contributed by atoms with E-state index < -0.39 is 0 Å². The monoisotopic (exact) mass is 399 g/mol. The van der Waals surface area contributed by atoms with Crippen molar-refractivity contribution in [3.63, 3.8) is 0 Å². The molecule has 3 rings (SSSR count). The maximum Gasteiger partial charge on any atom is 0.192 e. The number of benzene rings is 1. The van der Waals surface area contributed by atoms with Gasteiger partial charge in [-0.15, -0.1) is 16.8 Å². The molecule has 2 N–H and O–H groups in total. The molecule has 7 nitrogen and oxygen atoms in total. The van der Waals surface area contributed by atoms with Gasteiger partial charge in [0.05, 0.1) is 0 Å². The molecule has 2 aromatic rings. The second kappa shape index (κ2) is 9.54. The van der Waals surface area contributed by atoms with Crippen LogP contribution in [0.3, 0.4) is 0 Å². The first-order chi connectivity index (χ1) is 14.0. The largest absolute Gasteiger partial charge is 0.369 e. The van der Waals surface area contributed by atoms with Crippen LogP contribution in [-0.4, -0.2) is 46.4 Å². The molecule has 29 heavy (non-hydrogen) atoms. The lowest BCUT2D eigenvalue weighted by Gasteiger charge is -2.36. The van der Waals surface area contributed by atoms with Crippen LogP contribution in [0.4, 0.5) is 10.1 Å². The van der Waals surface area contributed by atoms with Crippen molar-refractivity contribution in [1.82, 2.24) is 25.4 Å². The third kappa shape index (κ3) is 5.34. The maximum atomic E-state index is 13.5. The Labute approximate surface area is 171 Å². The number of aliphatic imine (C=N–C) groups is 1. The van der Waals surface area contributed by atoms with Gasteiger partial charge in [-0.25, -0.2) is 9.38 Å². The lowest BCUT2D eigenvalue weighted by atomic mass is 10.0. The molecule has 1 fully saturated rings. The van der Waals surface area contributed by atoms with Crippen LogP contribution in [0.25, 0.3) is 0 Å². The van der Waals surface area contributed by atoms with E-state index in [0.29, 0.717) is 13.1 Å². The van der Waals surface area contributed by atoms with Crippen LogP contribution in [0.5, 0.6) is 0 Å². The second-order valence-electron chi connectivity index (χ2n) is 7.42. The zero-order valence-electron chi connectivity index (χ0n) is 17.5. The van der Waals surface area contributed by atoms with E-state index in [9.17, 15) is 4.39 Å². The van der Waals surface area contributed by atoms with Gasteiger partial charge in [-0.1, -0.05) is 6.08 Å². The van der Waals surface area contributed by atoms with Crippen molar-refractivity contribution in [2.24, 2.45) is 12.0 Å². The zero-order chi connectivity index (χ0) is 20.8. The van der Waals surface area contributed by atoms with Crippen LogP contribution >= 0.6 is 0 Å². The number of halogens is 1. The molecule has 1 aromatic heterocycles. The van der Waals surface area contributed by atoms with Gasteiger partial charge in [0, 0.05) is 38.4 Å². The Kier molecular flexibility index (Phi) is 6.85. The third-order valence-corrected chi connectivity index (χ3v) is 5.24. The highest BCUT2D eigenvalue weighted by atomic mass is 19.1. The van der Waals surface area contributed by atoms with E-state index in [1.807, 2.05) is 31.5 Å². The number of piperidine rings is 1. The van der Waals surface area contributed by atoms with E-state index in [1.165, 1.54) is 6.07 Å². The Hall–Kier alpha value is -2.90. The summed E-state index contributed by atoms with van der Waals surface area (Å²) in [4.78, 5) is 6.99.